The minimum atomic E-state index is -0.603. The number of hydrogen-bond acceptors (Lipinski definition) is 5. The zero-order chi connectivity index (χ0) is 18.8. The van der Waals surface area contributed by atoms with Gasteiger partial charge in [0.25, 0.3) is 0 Å². The van der Waals surface area contributed by atoms with Gasteiger partial charge in [0.2, 0.25) is 0 Å². The van der Waals surface area contributed by atoms with E-state index in [2.05, 4.69) is 0 Å². The fraction of sp³-hybridized carbons (Fsp3) is 0.211. The number of nitro benzene ring substituents is 1. The molecule has 26 heavy (non-hydrogen) atoms. The molecule has 0 saturated carbocycles. The van der Waals surface area contributed by atoms with Crippen molar-refractivity contribution >= 4 is 22.6 Å². The van der Waals surface area contributed by atoms with Crippen LogP contribution in [-0.4, -0.2) is 29.2 Å². The Bertz CT molecular complexity index is 992. The lowest BCUT2D eigenvalue weighted by Crippen LogP contribution is -2.07. The third-order valence-corrected chi connectivity index (χ3v) is 4.23. The normalized spacial score (nSPS) is 10.7. The van der Waals surface area contributed by atoms with Crippen LogP contribution in [0.4, 0.5) is 5.69 Å². The van der Waals surface area contributed by atoms with E-state index in [1.165, 1.54) is 13.2 Å². The second kappa shape index (κ2) is 6.87. The van der Waals surface area contributed by atoms with Gasteiger partial charge in [-0.25, -0.2) is 4.79 Å². The number of benzene rings is 2. The summed E-state index contributed by atoms with van der Waals surface area (Å²) in [6, 6.07) is 12.5. The summed E-state index contributed by atoms with van der Waals surface area (Å²) in [5.41, 5.74) is 1.81. The Kier molecular flexibility index (Phi) is 4.62. The van der Waals surface area contributed by atoms with Gasteiger partial charge in [0.05, 0.1) is 35.2 Å². The first-order valence-electron chi connectivity index (χ1n) is 8.07. The zero-order valence-corrected chi connectivity index (χ0v) is 14.7. The summed E-state index contributed by atoms with van der Waals surface area (Å²) in [4.78, 5) is 24.0. The van der Waals surface area contributed by atoms with E-state index >= 15 is 0 Å². The Balaban J connectivity index is 2.50. The van der Waals surface area contributed by atoms with Crippen LogP contribution in [0.25, 0.3) is 22.2 Å². The van der Waals surface area contributed by atoms with Gasteiger partial charge in [0, 0.05) is 7.05 Å². The maximum absolute atomic E-state index is 12.7. The maximum Gasteiger partial charge on any atom is 0.341 e. The minimum absolute atomic E-state index is 0.0956. The van der Waals surface area contributed by atoms with Crippen molar-refractivity contribution in [2.75, 3.05) is 13.7 Å². The molecular weight excluding hydrogens is 336 g/mol. The summed E-state index contributed by atoms with van der Waals surface area (Å²) in [6.07, 6.45) is 0. The first-order chi connectivity index (χ1) is 12.5. The zero-order valence-electron chi connectivity index (χ0n) is 14.7. The minimum Gasteiger partial charge on any atom is -0.490 e. The number of hydrogen-bond donors (Lipinski definition) is 0. The molecule has 0 N–H and O–H groups in total. The van der Waals surface area contributed by atoms with Gasteiger partial charge in [-0.05, 0) is 24.6 Å². The first kappa shape index (κ1) is 17.5. The summed E-state index contributed by atoms with van der Waals surface area (Å²) < 4.78 is 12.1. The molecule has 0 atom stereocenters. The lowest BCUT2D eigenvalue weighted by Gasteiger charge is -2.08. The van der Waals surface area contributed by atoms with Gasteiger partial charge in [0.1, 0.15) is 5.56 Å². The highest BCUT2D eigenvalue weighted by Gasteiger charge is 2.31. The molecule has 0 spiro atoms. The maximum atomic E-state index is 12.7. The van der Waals surface area contributed by atoms with E-state index in [1.54, 1.807) is 24.6 Å². The van der Waals surface area contributed by atoms with Gasteiger partial charge in [-0.1, -0.05) is 30.3 Å². The average Bonchev–Trinajstić information content (AvgIpc) is 2.94. The van der Waals surface area contributed by atoms with Crippen molar-refractivity contribution in [3.8, 4) is 17.0 Å². The van der Waals surface area contributed by atoms with Crippen LogP contribution in [-0.2, 0) is 11.8 Å². The molecule has 0 aliphatic carbocycles. The molecule has 7 heteroatoms. The number of fused-ring (bicyclic) bond motifs is 1. The number of aromatic nitrogens is 1. The Morgan fingerprint density at radius 3 is 2.46 bits per heavy atom. The summed E-state index contributed by atoms with van der Waals surface area (Å²) >= 11 is 0. The van der Waals surface area contributed by atoms with E-state index in [0.717, 1.165) is 5.56 Å². The third kappa shape index (κ3) is 2.67. The molecule has 3 rings (SSSR count). The number of rotatable bonds is 5. The van der Waals surface area contributed by atoms with Crippen molar-refractivity contribution in [1.29, 1.82) is 0 Å². The Hall–Kier alpha value is -3.35. The number of aryl methyl sites for hydroxylation is 1. The van der Waals surface area contributed by atoms with Crippen molar-refractivity contribution in [1.82, 2.24) is 4.57 Å². The van der Waals surface area contributed by atoms with Crippen molar-refractivity contribution in [2.24, 2.45) is 7.05 Å². The molecule has 7 nitrogen and oxygen atoms in total. The predicted molar refractivity (Wildman–Crippen MR) is 97.5 cm³/mol. The summed E-state index contributed by atoms with van der Waals surface area (Å²) in [6.45, 7) is 1.86. The highest BCUT2D eigenvalue weighted by molar-refractivity contribution is 6.14. The predicted octanol–water partition coefficient (Wildman–Crippen LogP) is 3.94. The van der Waals surface area contributed by atoms with Gasteiger partial charge in [-0.2, -0.15) is 0 Å². The molecule has 1 aromatic heterocycles. The number of esters is 1. The van der Waals surface area contributed by atoms with Gasteiger partial charge >= 0.3 is 11.7 Å². The molecule has 0 bridgehead atoms. The van der Waals surface area contributed by atoms with Crippen LogP contribution in [0.15, 0.2) is 42.5 Å². The van der Waals surface area contributed by atoms with Gasteiger partial charge in [0.15, 0.2) is 5.75 Å². The number of nitro groups is 1. The van der Waals surface area contributed by atoms with Crippen molar-refractivity contribution in [3.63, 3.8) is 0 Å². The molecule has 1 heterocycles. The molecule has 0 saturated heterocycles. The molecule has 0 radical (unpaired) electrons. The van der Waals surface area contributed by atoms with Crippen LogP contribution >= 0.6 is 0 Å². The molecule has 2 aromatic carbocycles. The molecular formula is C19H18N2O5. The lowest BCUT2D eigenvalue weighted by molar-refractivity contribution is -0.383. The van der Waals surface area contributed by atoms with E-state index < -0.39 is 10.9 Å². The van der Waals surface area contributed by atoms with Gasteiger partial charge in [-0.3, -0.25) is 10.1 Å². The Morgan fingerprint density at radius 2 is 1.88 bits per heavy atom. The van der Waals surface area contributed by atoms with Crippen molar-refractivity contribution in [3.05, 3.63) is 58.1 Å². The highest BCUT2D eigenvalue weighted by Crippen LogP contribution is 2.42. The first-order valence-corrected chi connectivity index (χ1v) is 8.07. The standard InChI is InChI=1S/C19H18N2O5/c1-4-26-19(22)16-15-13(10-11-14(25-3)18(15)21(23)24)20(2)17(16)12-8-6-5-7-9-12/h5-11H,4H2,1-3H3. The summed E-state index contributed by atoms with van der Waals surface area (Å²) in [5, 5.41) is 12.0. The molecule has 0 aliphatic rings. The summed E-state index contributed by atoms with van der Waals surface area (Å²) in [5.74, 6) is -0.508. The van der Waals surface area contributed by atoms with E-state index in [1.807, 2.05) is 30.3 Å². The summed E-state index contributed by atoms with van der Waals surface area (Å²) in [7, 11) is 3.13. The number of carbonyl (C=O) groups excluding carboxylic acids is 1. The second-order valence-corrected chi connectivity index (χ2v) is 5.64. The quantitative estimate of drug-likeness (QED) is 0.394. The molecule has 0 fully saturated rings. The monoisotopic (exact) mass is 354 g/mol. The van der Waals surface area contributed by atoms with Gasteiger partial charge < -0.3 is 14.0 Å². The van der Waals surface area contributed by atoms with Crippen LogP contribution in [0.3, 0.4) is 0 Å². The number of nitrogens with zero attached hydrogens (tertiary/aromatic N) is 2. The van der Waals surface area contributed by atoms with Crippen molar-refractivity contribution in [2.45, 2.75) is 6.92 Å². The van der Waals surface area contributed by atoms with E-state index in [9.17, 15) is 14.9 Å². The lowest BCUT2D eigenvalue weighted by atomic mass is 10.0. The molecule has 3 aromatic rings. The van der Waals surface area contributed by atoms with Crippen LogP contribution in [0, 0.1) is 10.1 Å². The topological polar surface area (TPSA) is 83.6 Å². The smallest absolute Gasteiger partial charge is 0.341 e. The Labute approximate surface area is 149 Å². The molecule has 134 valence electrons. The SMILES string of the molecule is CCOC(=O)c1c(-c2ccccc2)n(C)c2ccc(OC)c([N+](=O)[O-])c12. The third-order valence-electron chi connectivity index (χ3n) is 4.23. The van der Waals surface area contributed by atoms with Crippen LogP contribution in [0.1, 0.15) is 17.3 Å². The van der Waals surface area contributed by atoms with E-state index in [4.69, 9.17) is 9.47 Å². The second-order valence-electron chi connectivity index (χ2n) is 5.64. The van der Waals surface area contributed by atoms with Gasteiger partial charge in [-0.15, -0.1) is 0 Å². The van der Waals surface area contributed by atoms with Crippen LogP contribution < -0.4 is 4.74 Å². The fourth-order valence-electron chi connectivity index (χ4n) is 3.18. The number of carbonyl (C=O) groups is 1. The number of methoxy groups -OCH3 is 1. The van der Waals surface area contributed by atoms with Crippen LogP contribution in [0.2, 0.25) is 0 Å². The van der Waals surface area contributed by atoms with Crippen molar-refractivity contribution < 1.29 is 19.2 Å². The van der Waals surface area contributed by atoms with Crippen LogP contribution in [0.5, 0.6) is 5.75 Å². The van der Waals surface area contributed by atoms with E-state index in [0.29, 0.717) is 11.2 Å². The molecule has 0 amide bonds. The highest BCUT2D eigenvalue weighted by atomic mass is 16.6. The van der Waals surface area contributed by atoms with E-state index in [-0.39, 0.29) is 29.0 Å². The molecule has 0 aliphatic heterocycles. The largest absolute Gasteiger partial charge is 0.490 e. The number of ether oxygens (including phenoxy) is 2. The molecule has 0 unspecified atom stereocenters. The average molecular weight is 354 g/mol. The Morgan fingerprint density at radius 1 is 1.19 bits per heavy atom. The fourth-order valence-corrected chi connectivity index (χ4v) is 3.18.